The van der Waals surface area contributed by atoms with E-state index in [1.807, 2.05) is 39.8 Å². The van der Waals surface area contributed by atoms with Gasteiger partial charge in [-0.15, -0.1) is 0 Å². The van der Waals surface area contributed by atoms with E-state index in [0.29, 0.717) is 0 Å². The highest BCUT2D eigenvalue weighted by Crippen LogP contribution is 2.41. The van der Waals surface area contributed by atoms with Gasteiger partial charge in [-0.25, -0.2) is 0 Å². The van der Waals surface area contributed by atoms with Crippen LogP contribution >= 0.6 is 0 Å². The number of hydrogen-bond donors (Lipinski definition) is 1. The molecule has 0 aliphatic rings. The minimum absolute atomic E-state index is 0.0300. The van der Waals surface area contributed by atoms with E-state index in [1.54, 1.807) is 19.0 Å². The van der Waals surface area contributed by atoms with Gasteiger partial charge in [0.25, 0.3) is 5.91 Å². The molecule has 0 heterocycles. The molecule has 32 heavy (non-hydrogen) atoms. The van der Waals surface area contributed by atoms with Gasteiger partial charge in [-0.05, 0) is 66.5 Å². The lowest BCUT2D eigenvalue weighted by atomic mass is 9.70. The maximum Gasteiger partial charge on any atom is 0.253 e. The molecule has 0 aliphatic carbocycles. The first kappa shape index (κ1) is 25.9. The predicted molar refractivity (Wildman–Crippen MR) is 133 cm³/mol. The first-order valence-corrected chi connectivity index (χ1v) is 11.6. The lowest BCUT2D eigenvalue weighted by molar-refractivity contribution is 0.0216. The second-order valence-electron chi connectivity index (χ2n) is 10.2. The van der Waals surface area contributed by atoms with Crippen molar-refractivity contribution >= 4 is 5.91 Å². The number of aliphatic hydroxyl groups excluding tert-OH is 1. The molecule has 1 atom stereocenters. The number of aryl methyl sites for hydroxylation is 2. The number of hydrogen-bond acceptors (Lipinski definition) is 3. The van der Waals surface area contributed by atoms with E-state index in [4.69, 9.17) is 4.74 Å². The van der Waals surface area contributed by atoms with E-state index in [2.05, 4.69) is 45.0 Å². The molecule has 4 nitrogen and oxygen atoms in total. The van der Waals surface area contributed by atoms with Crippen molar-refractivity contribution in [3.63, 3.8) is 0 Å². The van der Waals surface area contributed by atoms with Crippen LogP contribution in [0.4, 0.5) is 0 Å². The van der Waals surface area contributed by atoms with E-state index in [9.17, 15) is 9.90 Å². The monoisotopic (exact) mass is 439 g/mol. The molecule has 0 bridgehead atoms. The molecule has 4 heteroatoms. The van der Waals surface area contributed by atoms with E-state index in [-0.39, 0.29) is 23.3 Å². The molecule has 176 valence electrons. The SMILES string of the molecule is CCC(CC)(c1ccc(OCC(O)C(C)(C)C)c(C)c1)c1ccc(C(=O)N(C)C)c(C)c1. The van der Waals surface area contributed by atoms with Crippen LogP contribution in [0.5, 0.6) is 5.75 Å². The summed E-state index contributed by atoms with van der Waals surface area (Å²) in [6.07, 6.45) is 1.37. The summed E-state index contributed by atoms with van der Waals surface area (Å²) in [7, 11) is 3.57. The fourth-order valence-corrected chi connectivity index (χ4v) is 4.20. The molecule has 1 unspecified atom stereocenters. The summed E-state index contributed by atoms with van der Waals surface area (Å²) >= 11 is 0. The first-order chi connectivity index (χ1) is 14.9. The number of aliphatic hydroxyl groups is 1. The largest absolute Gasteiger partial charge is 0.491 e. The number of ether oxygens (including phenoxy) is 1. The van der Waals surface area contributed by atoms with Crippen LogP contribution in [0.1, 0.15) is 80.1 Å². The second kappa shape index (κ2) is 10.1. The van der Waals surface area contributed by atoms with Crippen molar-refractivity contribution in [2.24, 2.45) is 5.41 Å². The van der Waals surface area contributed by atoms with Gasteiger partial charge in [-0.2, -0.15) is 0 Å². The van der Waals surface area contributed by atoms with E-state index < -0.39 is 6.10 Å². The van der Waals surface area contributed by atoms with Gasteiger partial charge in [0.15, 0.2) is 0 Å². The Bertz CT molecular complexity index is 936. The van der Waals surface area contributed by atoms with Crippen molar-refractivity contribution in [2.45, 2.75) is 72.8 Å². The standard InChI is InChI=1S/C28H41NO3/c1-10-28(11-2,21-12-14-23(19(3)16-21)26(31)29(8)9)22-13-15-24(20(4)17-22)32-18-25(30)27(5,6)7/h12-17,25,30H,10-11,18H2,1-9H3. The molecule has 0 aromatic heterocycles. The quantitative estimate of drug-likeness (QED) is 0.557. The minimum atomic E-state index is -0.529. The van der Waals surface area contributed by atoms with Gasteiger partial charge in [-0.1, -0.05) is 58.9 Å². The number of rotatable bonds is 8. The Balaban J connectivity index is 2.40. The van der Waals surface area contributed by atoms with Crippen LogP contribution in [0, 0.1) is 19.3 Å². The van der Waals surface area contributed by atoms with Crippen molar-refractivity contribution in [1.82, 2.24) is 4.90 Å². The molecule has 0 saturated heterocycles. The summed E-state index contributed by atoms with van der Waals surface area (Å²) < 4.78 is 5.96. The fourth-order valence-electron chi connectivity index (χ4n) is 4.20. The van der Waals surface area contributed by atoms with Gasteiger partial charge in [0.2, 0.25) is 0 Å². The van der Waals surface area contributed by atoms with E-state index >= 15 is 0 Å². The second-order valence-corrected chi connectivity index (χ2v) is 10.2. The zero-order valence-corrected chi connectivity index (χ0v) is 21.4. The molecule has 0 aliphatic heterocycles. The van der Waals surface area contributed by atoms with Crippen LogP contribution < -0.4 is 4.74 Å². The number of carbonyl (C=O) groups excluding carboxylic acids is 1. The number of benzene rings is 2. The summed E-state index contributed by atoms with van der Waals surface area (Å²) in [4.78, 5) is 14.1. The normalized spacial score (nSPS) is 13.1. The topological polar surface area (TPSA) is 49.8 Å². The van der Waals surface area contributed by atoms with Crippen LogP contribution in [0.15, 0.2) is 36.4 Å². The third kappa shape index (κ3) is 5.35. The van der Waals surface area contributed by atoms with E-state index in [1.165, 1.54) is 11.1 Å². The van der Waals surface area contributed by atoms with Gasteiger partial charge in [0.1, 0.15) is 12.4 Å². The van der Waals surface area contributed by atoms with Crippen molar-refractivity contribution in [3.05, 3.63) is 64.2 Å². The molecule has 1 N–H and O–H groups in total. The van der Waals surface area contributed by atoms with Crippen molar-refractivity contribution in [3.8, 4) is 5.75 Å². The van der Waals surface area contributed by atoms with Gasteiger partial charge in [-0.3, -0.25) is 4.79 Å². The first-order valence-electron chi connectivity index (χ1n) is 11.6. The van der Waals surface area contributed by atoms with E-state index in [0.717, 1.165) is 35.3 Å². The van der Waals surface area contributed by atoms with Crippen molar-refractivity contribution in [2.75, 3.05) is 20.7 Å². The summed E-state index contributed by atoms with van der Waals surface area (Å²) in [6, 6.07) is 12.6. The van der Waals surface area contributed by atoms with Gasteiger partial charge in [0, 0.05) is 25.1 Å². The van der Waals surface area contributed by atoms with Crippen LogP contribution in [-0.2, 0) is 5.41 Å². The highest BCUT2D eigenvalue weighted by atomic mass is 16.5. The van der Waals surface area contributed by atoms with Gasteiger partial charge >= 0.3 is 0 Å². The van der Waals surface area contributed by atoms with Crippen LogP contribution in [0.25, 0.3) is 0 Å². The fraction of sp³-hybridized carbons (Fsp3) is 0.536. The number of nitrogens with zero attached hydrogens (tertiary/aromatic N) is 1. The summed E-state index contributed by atoms with van der Waals surface area (Å²) in [5, 5.41) is 10.3. The molecular formula is C28H41NO3. The third-order valence-corrected chi connectivity index (χ3v) is 6.75. The number of amides is 1. The van der Waals surface area contributed by atoms with Gasteiger partial charge < -0.3 is 14.7 Å². The molecule has 2 aromatic carbocycles. The summed E-state index contributed by atoms with van der Waals surface area (Å²) in [5.41, 5.74) is 4.93. The summed E-state index contributed by atoms with van der Waals surface area (Å²) in [6.45, 7) is 14.8. The van der Waals surface area contributed by atoms with Crippen molar-refractivity contribution < 1.29 is 14.6 Å². The average Bonchev–Trinajstić information content (AvgIpc) is 2.73. The Morgan fingerprint density at radius 2 is 1.50 bits per heavy atom. The highest BCUT2D eigenvalue weighted by Gasteiger charge is 2.32. The van der Waals surface area contributed by atoms with Gasteiger partial charge in [0.05, 0.1) is 6.10 Å². The maximum absolute atomic E-state index is 12.5. The average molecular weight is 440 g/mol. The van der Waals surface area contributed by atoms with Crippen molar-refractivity contribution in [1.29, 1.82) is 0 Å². The minimum Gasteiger partial charge on any atom is -0.491 e. The highest BCUT2D eigenvalue weighted by molar-refractivity contribution is 5.95. The molecule has 2 aromatic rings. The Morgan fingerprint density at radius 1 is 0.969 bits per heavy atom. The van der Waals surface area contributed by atoms with Crippen LogP contribution in [0.3, 0.4) is 0 Å². The zero-order chi connectivity index (χ0) is 24.3. The third-order valence-electron chi connectivity index (χ3n) is 6.75. The van der Waals surface area contributed by atoms with Crippen LogP contribution in [0.2, 0.25) is 0 Å². The zero-order valence-electron chi connectivity index (χ0n) is 21.4. The summed E-state index contributed by atoms with van der Waals surface area (Å²) in [5.74, 6) is 0.837. The smallest absolute Gasteiger partial charge is 0.253 e. The molecule has 0 fully saturated rings. The molecule has 0 radical (unpaired) electrons. The lowest BCUT2D eigenvalue weighted by Crippen LogP contribution is -2.32. The van der Waals surface area contributed by atoms with Crippen LogP contribution in [-0.4, -0.2) is 42.7 Å². The molecule has 1 amide bonds. The maximum atomic E-state index is 12.5. The lowest BCUT2D eigenvalue weighted by Gasteiger charge is -2.34. The number of carbonyl (C=O) groups is 1. The predicted octanol–water partition coefficient (Wildman–Crippen LogP) is 5.90. The Labute approximate surface area is 194 Å². The molecule has 0 spiro atoms. The Hall–Kier alpha value is -2.33. The molecule has 0 saturated carbocycles. The molecule has 2 rings (SSSR count). The Kier molecular flexibility index (Phi) is 8.17. The Morgan fingerprint density at radius 3 is 1.94 bits per heavy atom. The molecular weight excluding hydrogens is 398 g/mol.